The molecular formula is C22H25N7O3S. The van der Waals surface area contributed by atoms with Gasteiger partial charge in [-0.1, -0.05) is 6.07 Å². The van der Waals surface area contributed by atoms with E-state index in [9.17, 15) is 8.42 Å². The molecule has 1 saturated heterocycles. The van der Waals surface area contributed by atoms with Crippen LogP contribution in [0.2, 0.25) is 0 Å². The van der Waals surface area contributed by atoms with Crippen LogP contribution in [0.1, 0.15) is 30.9 Å². The van der Waals surface area contributed by atoms with Crippen molar-refractivity contribution in [2.24, 2.45) is 0 Å². The average molecular weight is 468 g/mol. The molecule has 1 aromatic carbocycles. The molecule has 3 aromatic rings. The molecule has 10 nitrogen and oxygen atoms in total. The standard InChI is InChI=1S/C22H25N7O3S/c1-22-15-11-14(26-20-19-16(9-10-24-20)27-18(32-3)12-25-19)8-7-13(15)5-4-6-17(22)33(30,31)29(2)21(23)28-22/h7-12,17H,4-6H2,1-3H3,(H2,23,28)(H,24,26)/t17?,22-/m1/s1. The van der Waals surface area contributed by atoms with Crippen molar-refractivity contribution in [1.82, 2.24) is 24.6 Å². The number of pyridine rings is 1. The summed E-state index contributed by atoms with van der Waals surface area (Å²) in [7, 11) is -0.695. The number of fused-ring (bicyclic) bond motifs is 4. The van der Waals surface area contributed by atoms with Gasteiger partial charge in [0.05, 0.1) is 24.4 Å². The SMILES string of the molecule is COc1cnc2c(Nc3ccc4c(c3)[C@@]3(C)NC(=N)N(C)S(=O)(=O)C3CCC4)nccc2n1. The van der Waals surface area contributed by atoms with E-state index in [1.54, 1.807) is 12.3 Å². The molecule has 0 bridgehead atoms. The van der Waals surface area contributed by atoms with E-state index in [-0.39, 0.29) is 5.96 Å². The van der Waals surface area contributed by atoms with Crippen LogP contribution in [0.4, 0.5) is 11.5 Å². The third-order valence-corrected chi connectivity index (χ3v) is 8.94. The van der Waals surface area contributed by atoms with Gasteiger partial charge in [0, 0.05) is 18.9 Å². The minimum absolute atomic E-state index is 0.125. The van der Waals surface area contributed by atoms with Gasteiger partial charge in [0.25, 0.3) is 0 Å². The quantitative estimate of drug-likeness (QED) is 0.535. The first-order valence-corrected chi connectivity index (χ1v) is 12.1. The van der Waals surface area contributed by atoms with Gasteiger partial charge in [0.15, 0.2) is 5.82 Å². The first kappa shape index (κ1) is 21.4. The number of nitrogens with zero attached hydrogens (tertiary/aromatic N) is 4. The number of hydrogen-bond donors (Lipinski definition) is 3. The van der Waals surface area contributed by atoms with Crippen molar-refractivity contribution in [2.75, 3.05) is 19.5 Å². The van der Waals surface area contributed by atoms with Gasteiger partial charge in [-0.05, 0) is 55.5 Å². The molecule has 0 spiro atoms. The molecule has 1 unspecified atom stereocenters. The van der Waals surface area contributed by atoms with Crippen LogP contribution in [0.25, 0.3) is 11.0 Å². The molecule has 0 amide bonds. The summed E-state index contributed by atoms with van der Waals surface area (Å²) in [5.41, 5.74) is 3.00. The molecule has 3 N–H and O–H groups in total. The fourth-order valence-corrected chi connectivity index (χ4v) is 6.72. The Bertz CT molecular complexity index is 1380. The van der Waals surface area contributed by atoms with E-state index in [1.807, 2.05) is 25.1 Å². The van der Waals surface area contributed by atoms with Crippen LogP contribution in [0.15, 0.2) is 36.7 Å². The zero-order chi connectivity index (χ0) is 23.4. The topological polar surface area (TPSA) is 133 Å². The Morgan fingerprint density at radius 3 is 2.91 bits per heavy atom. The van der Waals surface area contributed by atoms with Gasteiger partial charge in [-0.2, -0.15) is 0 Å². The molecule has 11 heteroatoms. The van der Waals surface area contributed by atoms with Crippen molar-refractivity contribution in [3.05, 3.63) is 47.8 Å². The summed E-state index contributed by atoms with van der Waals surface area (Å²) in [6.45, 7) is 1.87. The van der Waals surface area contributed by atoms with Crippen LogP contribution in [0.3, 0.4) is 0 Å². The second-order valence-corrected chi connectivity index (χ2v) is 10.7. The molecule has 2 atom stereocenters. The Morgan fingerprint density at radius 1 is 1.30 bits per heavy atom. The summed E-state index contributed by atoms with van der Waals surface area (Å²) in [6.07, 6.45) is 5.23. The molecule has 172 valence electrons. The van der Waals surface area contributed by atoms with Crippen LogP contribution >= 0.6 is 0 Å². The number of guanidine groups is 1. The molecule has 5 rings (SSSR count). The second-order valence-electron chi connectivity index (χ2n) is 8.51. The maximum atomic E-state index is 13.2. The second kappa shape index (κ2) is 7.55. The molecule has 1 aliphatic heterocycles. The zero-order valence-electron chi connectivity index (χ0n) is 18.6. The van der Waals surface area contributed by atoms with Crippen molar-refractivity contribution < 1.29 is 13.2 Å². The molecule has 33 heavy (non-hydrogen) atoms. The van der Waals surface area contributed by atoms with Crippen molar-refractivity contribution in [1.29, 1.82) is 5.41 Å². The van der Waals surface area contributed by atoms with E-state index in [2.05, 4.69) is 25.6 Å². The first-order chi connectivity index (χ1) is 15.7. The van der Waals surface area contributed by atoms with E-state index < -0.39 is 20.8 Å². The average Bonchev–Trinajstić information content (AvgIpc) is 2.94. The lowest BCUT2D eigenvalue weighted by atomic mass is 9.85. The number of anilines is 2. The van der Waals surface area contributed by atoms with Gasteiger partial charge in [0.1, 0.15) is 10.8 Å². The number of methoxy groups -OCH3 is 1. The maximum absolute atomic E-state index is 13.2. The van der Waals surface area contributed by atoms with Gasteiger partial charge < -0.3 is 15.4 Å². The van der Waals surface area contributed by atoms with E-state index in [4.69, 9.17) is 10.1 Å². The molecule has 2 aliphatic rings. The minimum Gasteiger partial charge on any atom is -0.480 e. The highest BCUT2D eigenvalue weighted by atomic mass is 32.2. The number of rotatable bonds is 3. The molecule has 3 heterocycles. The molecule has 1 aliphatic carbocycles. The highest BCUT2D eigenvalue weighted by Gasteiger charge is 2.52. The lowest BCUT2D eigenvalue weighted by molar-refractivity contribution is 0.345. The fraction of sp³-hybridized carbons (Fsp3) is 0.364. The predicted molar refractivity (Wildman–Crippen MR) is 125 cm³/mol. The molecule has 0 saturated carbocycles. The Morgan fingerprint density at radius 2 is 2.12 bits per heavy atom. The normalized spacial score (nSPS) is 23.8. The van der Waals surface area contributed by atoms with Gasteiger partial charge in [-0.3, -0.25) is 5.41 Å². The maximum Gasteiger partial charge on any atom is 0.242 e. The number of sulfonamides is 1. The number of aryl methyl sites for hydroxylation is 1. The highest BCUT2D eigenvalue weighted by molar-refractivity contribution is 7.90. The predicted octanol–water partition coefficient (Wildman–Crippen LogP) is 2.50. The zero-order valence-corrected chi connectivity index (χ0v) is 19.4. The van der Waals surface area contributed by atoms with Crippen LogP contribution in [-0.4, -0.2) is 53.0 Å². The van der Waals surface area contributed by atoms with Crippen LogP contribution in [0, 0.1) is 5.41 Å². The van der Waals surface area contributed by atoms with Crippen LogP contribution < -0.4 is 15.4 Å². The van der Waals surface area contributed by atoms with Crippen molar-refractivity contribution in [3.63, 3.8) is 0 Å². The summed E-state index contributed by atoms with van der Waals surface area (Å²) >= 11 is 0. The lowest BCUT2D eigenvalue weighted by Crippen LogP contribution is -2.65. The number of nitrogens with one attached hydrogen (secondary N) is 3. The van der Waals surface area contributed by atoms with Gasteiger partial charge in [-0.15, -0.1) is 0 Å². The smallest absolute Gasteiger partial charge is 0.242 e. The van der Waals surface area contributed by atoms with Crippen LogP contribution in [-0.2, 0) is 22.0 Å². The molecule has 0 radical (unpaired) electrons. The number of ether oxygens (including phenoxy) is 1. The largest absolute Gasteiger partial charge is 0.480 e. The Balaban J connectivity index is 1.58. The summed E-state index contributed by atoms with van der Waals surface area (Å²) in [5.74, 6) is 0.829. The Kier molecular flexibility index (Phi) is 4.89. The minimum atomic E-state index is -3.66. The summed E-state index contributed by atoms with van der Waals surface area (Å²) in [5, 5.41) is 14.1. The third kappa shape index (κ3) is 3.34. The van der Waals surface area contributed by atoms with Crippen molar-refractivity contribution in [3.8, 4) is 5.88 Å². The molecule has 2 aromatic heterocycles. The fourth-order valence-electron chi connectivity index (χ4n) is 4.79. The van der Waals surface area contributed by atoms with Gasteiger partial charge >= 0.3 is 0 Å². The van der Waals surface area contributed by atoms with E-state index >= 15 is 0 Å². The van der Waals surface area contributed by atoms with Crippen LogP contribution in [0.5, 0.6) is 5.88 Å². The summed E-state index contributed by atoms with van der Waals surface area (Å²) in [4.78, 5) is 13.3. The first-order valence-electron chi connectivity index (χ1n) is 10.6. The van der Waals surface area contributed by atoms with E-state index in [0.717, 1.165) is 34.0 Å². The molecular weight excluding hydrogens is 442 g/mol. The number of benzene rings is 1. The highest BCUT2D eigenvalue weighted by Crippen LogP contribution is 2.42. The molecule has 1 fully saturated rings. The lowest BCUT2D eigenvalue weighted by Gasteiger charge is -2.46. The Labute approximate surface area is 192 Å². The monoisotopic (exact) mass is 467 g/mol. The third-order valence-electron chi connectivity index (χ3n) is 6.57. The van der Waals surface area contributed by atoms with Gasteiger partial charge in [0.2, 0.25) is 21.9 Å². The number of hydrogen-bond acceptors (Lipinski definition) is 8. The Hall–Kier alpha value is -3.47. The van der Waals surface area contributed by atoms with E-state index in [1.165, 1.54) is 20.4 Å². The van der Waals surface area contributed by atoms with Gasteiger partial charge in [-0.25, -0.2) is 27.7 Å². The summed E-state index contributed by atoms with van der Waals surface area (Å²) < 4.78 is 32.6. The summed E-state index contributed by atoms with van der Waals surface area (Å²) in [6, 6.07) is 7.68. The van der Waals surface area contributed by atoms with E-state index in [0.29, 0.717) is 29.2 Å². The number of aromatic nitrogens is 3. The van der Waals surface area contributed by atoms with Crippen molar-refractivity contribution in [2.45, 2.75) is 37.0 Å². The van der Waals surface area contributed by atoms with Crippen molar-refractivity contribution >= 4 is 38.5 Å².